The third-order valence-electron chi connectivity index (χ3n) is 3.66. The van der Waals surface area contributed by atoms with Gasteiger partial charge in [-0.15, -0.1) is 0 Å². The number of hydrogen-bond acceptors (Lipinski definition) is 5. The standard InChI is InChI=1S/C20H24N4O2/c1-3-6-15(7-4-2)26-16-10-8-14(9-11-16)18(21)17(19(22)25)20-23-12-5-13-24-20/h3-4,6-11H,1,5,12-13,21H2,2H3,(H2,22,25)(H,23,24)/b7-4-,15-6+,18-17-. The van der Waals surface area contributed by atoms with Crippen LogP contribution in [0.2, 0.25) is 0 Å². The molecule has 5 N–H and O–H groups in total. The molecule has 1 aliphatic rings. The number of carbonyl (C=O) groups excluding carboxylic acids is 1. The number of nitrogens with two attached hydrogens (primary N) is 2. The molecule has 1 heterocycles. The van der Waals surface area contributed by atoms with Crippen molar-refractivity contribution in [2.75, 3.05) is 13.1 Å². The van der Waals surface area contributed by atoms with Gasteiger partial charge in [-0.3, -0.25) is 9.79 Å². The number of hydrogen-bond donors (Lipinski definition) is 3. The quantitative estimate of drug-likeness (QED) is 0.398. The summed E-state index contributed by atoms with van der Waals surface area (Å²) in [5.41, 5.74) is 12.9. The van der Waals surface area contributed by atoms with Crippen LogP contribution in [0.25, 0.3) is 5.70 Å². The van der Waals surface area contributed by atoms with E-state index in [2.05, 4.69) is 16.9 Å². The monoisotopic (exact) mass is 352 g/mol. The van der Waals surface area contributed by atoms with E-state index >= 15 is 0 Å². The van der Waals surface area contributed by atoms with Crippen molar-refractivity contribution in [3.05, 3.63) is 72.0 Å². The fraction of sp³-hybridized carbons (Fsp3) is 0.200. The van der Waals surface area contributed by atoms with Gasteiger partial charge in [0.05, 0.1) is 5.70 Å². The van der Waals surface area contributed by atoms with Gasteiger partial charge >= 0.3 is 0 Å². The molecular weight excluding hydrogens is 328 g/mol. The summed E-state index contributed by atoms with van der Waals surface area (Å²) >= 11 is 0. The Bertz CT molecular complexity index is 787. The highest BCUT2D eigenvalue weighted by molar-refractivity contribution is 6.25. The molecule has 6 nitrogen and oxygen atoms in total. The highest BCUT2D eigenvalue weighted by Crippen LogP contribution is 2.21. The summed E-state index contributed by atoms with van der Waals surface area (Å²) in [6.45, 7) is 6.95. The largest absolute Gasteiger partial charge is 0.457 e. The van der Waals surface area contributed by atoms with Crippen molar-refractivity contribution in [2.24, 2.45) is 16.5 Å². The summed E-state index contributed by atoms with van der Waals surface area (Å²) in [5, 5.41) is 3.08. The predicted octanol–water partition coefficient (Wildman–Crippen LogP) is 2.26. The van der Waals surface area contributed by atoms with E-state index in [0.717, 1.165) is 13.0 Å². The Balaban J connectivity index is 2.30. The number of amides is 1. The zero-order chi connectivity index (χ0) is 18.9. The van der Waals surface area contributed by atoms with Crippen molar-refractivity contribution in [3.63, 3.8) is 0 Å². The number of aliphatic imine (C=N–C) groups is 1. The normalized spacial score (nSPS) is 15.7. The van der Waals surface area contributed by atoms with Crippen LogP contribution in [0.15, 0.2) is 71.5 Å². The molecule has 0 atom stereocenters. The van der Waals surface area contributed by atoms with E-state index in [1.165, 1.54) is 0 Å². The van der Waals surface area contributed by atoms with Crippen LogP contribution in [0, 0.1) is 0 Å². The van der Waals surface area contributed by atoms with Gasteiger partial charge < -0.3 is 21.5 Å². The van der Waals surface area contributed by atoms with Gasteiger partial charge in [0.15, 0.2) is 0 Å². The van der Waals surface area contributed by atoms with Crippen molar-refractivity contribution in [1.82, 2.24) is 5.32 Å². The third-order valence-corrected chi connectivity index (χ3v) is 3.66. The minimum absolute atomic E-state index is 0.208. The molecule has 1 aliphatic heterocycles. The molecule has 1 aromatic rings. The van der Waals surface area contributed by atoms with E-state index in [1.807, 2.05) is 19.1 Å². The van der Waals surface area contributed by atoms with Gasteiger partial charge in [0.2, 0.25) is 0 Å². The molecule has 0 bridgehead atoms. The van der Waals surface area contributed by atoms with E-state index in [9.17, 15) is 4.79 Å². The first kappa shape index (κ1) is 19.1. The Hall–Kier alpha value is -3.28. The van der Waals surface area contributed by atoms with Crippen LogP contribution in [0.3, 0.4) is 0 Å². The van der Waals surface area contributed by atoms with Crippen LogP contribution in [0.4, 0.5) is 0 Å². The molecule has 0 fully saturated rings. The zero-order valence-corrected chi connectivity index (χ0v) is 14.9. The number of primary amides is 1. The van der Waals surface area contributed by atoms with Crippen LogP contribution in [0.1, 0.15) is 18.9 Å². The molecule has 0 aliphatic carbocycles. The van der Waals surface area contributed by atoms with Gasteiger partial charge in [0, 0.05) is 13.1 Å². The van der Waals surface area contributed by atoms with Crippen LogP contribution in [-0.2, 0) is 4.79 Å². The SMILES string of the molecule is C=C/C=C(\C=C/C)Oc1ccc(/C(N)=C(\C(N)=O)C2=NCCCN2)cc1. The van der Waals surface area contributed by atoms with Crippen LogP contribution in [0.5, 0.6) is 5.75 Å². The van der Waals surface area contributed by atoms with E-state index in [1.54, 1.807) is 36.4 Å². The molecular formula is C20H24N4O2. The number of allylic oxidation sites excluding steroid dienone is 4. The number of ether oxygens (including phenoxy) is 1. The lowest BCUT2D eigenvalue weighted by atomic mass is 10.0. The third kappa shape index (κ3) is 4.86. The Labute approximate surface area is 153 Å². The van der Waals surface area contributed by atoms with Crippen molar-refractivity contribution < 1.29 is 9.53 Å². The summed E-state index contributed by atoms with van der Waals surface area (Å²) in [6.07, 6.45) is 8.04. The average molecular weight is 352 g/mol. The molecule has 1 amide bonds. The van der Waals surface area contributed by atoms with Gasteiger partial charge in [-0.05, 0) is 55.3 Å². The molecule has 0 unspecified atom stereocenters. The molecule has 0 saturated carbocycles. The first-order chi connectivity index (χ1) is 12.6. The molecule has 136 valence electrons. The molecule has 1 aromatic carbocycles. The first-order valence-electron chi connectivity index (χ1n) is 8.38. The maximum absolute atomic E-state index is 11.9. The smallest absolute Gasteiger partial charge is 0.254 e. The lowest BCUT2D eigenvalue weighted by molar-refractivity contribution is -0.114. The van der Waals surface area contributed by atoms with E-state index in [0.29, 0.717) is 29.5 Å². The topological polar surface area (TPSA) is 103 Å². The maximum Gasteiger partial charge on any atom is 0.254 e. The Morgan fingerprint density at radius 2 is 2.04 bits per heavy atom. The predicted molar refractivity (Wildman–Crippen MR) is 105 cm³/mol. The summed E-state index contributed by atoms with van der Waals surface area (Å²) in [6, 6.07) is 7.10. The fourth-order valence-corrected chi connectivity index (χ4v) is 2.46. The van der Waals surface area contributed by atoms with Gasteiger partial charge in [0.1, 0.15) is 22.9 Å². The van der Waals surface area contributed by atoms with E-state index < -0.39 is 5.91 Å². The fourth-order valence-electron chi connectivity index (χ4n) is 2.46. The Morgan fingerprint density at radius 1 is 1.31 bits per heavy atom. The van der Waals surface area contributed by atoms with Crippen molar-refractivity contribution in [2.45, 2.75) is 13.3 Å². The van der Waals surface area contributed by atoms with Gasteiger partial charge in [-0.25, -0.2) is 0 Å². The van der Waals surface area contributed by atoms with Crippen LogP contribution < -0.4 is 21.5 Å². The van der Waals surface area contributed by atoms with Crippen molar-refractivity contribution >= 4 is 17.4 Å². The number of nitrogens with zero attached hydrogens (tertiary/aromatic N) is 1. The van der Waals surface area contributed by atoms with Crippen LogP contribution >= 0.6 is 0 Å². The van der Waals surface area contributed by atoms with Crippen LogP contribution in [-0.4, -0.2) is 24.8 Å². The second-order valence-electron chi connectivity index (χ2n) is 5.59. The van der Waals surface area contributed by atoms with Gasteiger partial charge in [0.25, 0.3) is 5.91 Å². The Kier molecular flexibility index (Phi) is 6.79. The average Bonchev–Trinajstić information content (AvgIpc) is 2.63. The summed E-state index contributed by atoms with van der Waals surface area (Å²) in [5.74, 6) is 1.14. The molecule has 0 radical (unpaired) electrons. The second-order valence-corrected chi connectivity index (χ2v) is 5.59. The first-order valence-corrected chi connectivity index (χ1v) is 8.38. The second kappa shape index (κ2) is 9.27. The summed E-state index contributed by atoms with van der Waals surface area (Å²) < 4.78 is 5.77. The van der Waals surface area contributed by atoms with Crippen molar-refractivity contribution in [3.8, 4) is 5.75 Å². The summed E-state index contributed by atoms with van der Waals surface area (Å²) in [7, 11) is 0. The molecule has 0 aromatic heterocycles. The highest BCUT2D eigenvalue weighted by Gasteiger charge is 2.20. The minimum atomic E-state index is -0.611. The number of amidine groups is 1. The highest BCUT2D eigenvalue weighted by atomic mass is 16.5. The number of benzene rings is 1. The summed E-state index contributed by atoms with van der Waals surface area (Å²) in [4.78, 5) is 16.2. The minimum Gasteiger partial charge on any atom is -0.457 e. The lowest BCUT2D eigenvalue weighted by Crippen LogP contribution is -2.37. The van der Waals surface area contributed by atoms with E-state index in [-0.39, 0.29) is 11.3 Å². The molecule has 0 saturated heterocycles. The van der Waals surface area contributed by atoms with Gasteiger partial charge in [-0.1, -0.05) is 18.7 Å². The maximum atomic E-state index is 11.9. The van der Waals surface area contributed by atoms with E-state index in [4.69, 9.17) is 16.2 Å². The van der Waals surface area contributed by atoms with Crippen molar-refractivity contribution in [1.29, 1.82) is 0 Å². The lowest BCUT2D eigenvalue weighted by Gasteiger charge is -2.17. The molecule has 26 heavy (non-hydrogen) atoms. The molecule has 6 heteroatoms. The van der Waals surface area contributed by atoms with Gasteiger partial charge in [-0.2, -0.15) is 0 Å². The number of nitrogens with one attached hydrogen (secondary N) is 1. The molecule has 0 spiro atoms. The zero-order valence-electron chi connectivity index (χ0n) is 14.9. The number of carbonyl (C=O) groups is 1. The Morgan fingerprint density at radius 3 is 2.58 bits per heavy atom. The molecule has 2 rings (SSSR count). The number of rotatable bonds is 7.